The molecule has 0 saturated heterocycles. The summed E-state index contributed by atoms with van der Waals surface area (Å²) >= 11 is 11.7. The Morgan fingerprint density at radius 3 is 2.65 bits per heavy atom. The molecule has 0 heterocycles. The number of alkyl halides is 1. The van der Waals surface area contributed by atoms with Gasteiger partial charge in [-0.1, -0.05) is 23.7 Å². The molecule has 0 atom stereocenters. The minimum absolute atomic E-state index is 0.0522. The predicted molar refractivity (Wildman–Crippen MR) is 78.3 cm³/mol. The average molecular weight is 315 g/mol. The molecule has 0 bridgehead atoms. The van der Waals surface area contributed by atoms with E-state index in [1.807, 2.05) is 12.1 Å². The van der Waals surface area contributed by atoms with E-state index >= 15 is 0 Å². The Balaban J connectivity index is 2.24. The fourth-order valence-electron chi connectivity index (χ4n) is 1.79. The molecule has 0 saturated carbocycles. The van der Waals surface area contributed by atoms with Crippen LogP contribution in [0, 0.1) is 5.82 Å². The summed E-state index contributed by atoms with van der Waals surface area (Å²) in [6.07, 6.45) is 0. The number of benzene rings is 2. The van der Waals surface area contributed by atoms with E-state index in [9.17, 15) is 4.39 Å². The van der Waals surface area contributed by atoms with Gasteiger partial charge in [0.2, 0.25) is 0 Å². The molecule has 0 N–H and O–H groups in total. The first-order valence-electron chi connectivity index (χ1n) is 5.94. The van der Waals surface area contributed by atoms with Crippen LogP contribution in [0.4, 0.5) is 4.39 Å². The lowest BCUT2D eigenvalue weighted by Gasteiger charge is -2.14. The van der Waals surface area contributed by atoms with Crippen LogP contribution in [0.1, 0.15) is 11.1 Å². The molecule has 0 aliphatic carbocycles. The van der Waals surface area contributed by atoms with Gasteiger partial charge in [-0.05, 0) is 24.3 Å². The van der Waals surface area contributed by atoms with Crippen LogP contribution in [0.2, 0.25) is 5.02 Å². The lowest BCUT2D eigenvalue weighted by atomic mass is 10.2. The zero-order valence-corrected chi connectivity index (χ0v) is 12.3. The van der Waals surface area contributed by atoms with Crippen molar-refractivity contribution >= 4 is 23.2 Å². The van der Waals surface area contributed by atoms with Gasteiger partial charge in [-0.25, -0.2) is 4.39 Å². The zero-order chi connectivity index (χ0) is 14.5. The minimum Gasteiger partial charge on any atom is -0.493 e. The fourth-order valence-corrected chi connectivity index (χ4v) is 2.20. The van der Waals surface area contributed by atoms with E-state index in [-0.39, 0.29) is 18.3 Å². The van der Waals surface area contributed by atoms with Gasteiger partial charge >= 0.3 is 0 Å². The van der Waals surface area contributed by atoms with Crippen LogP contribution < -0.4 is 9.47 Å². The van der Waals surface area contributed by atoms with Crippen LogP contribution in [0.15, 0.2) is 36.4 Å². The van der Waals surface area contributed by atoms with Crippen molar-refractivity contribution in [1.29, 1.82) is 0 Å². The third-order valence-electron chi connectivity index (χ3n) is 2.80. The largest absolute Gasteiger partial charge is 0.493 e. The molecule has 0 unspecified atom stereocenters. The Bertz CT molecular complexity index is 580. The minimum atomic E-state index is -0.364. The van der Waals surface area contributed by atoms with Gasteiger partial charge in [0, 0.05) is 16.1 Å². The molecule has 2 nitrogen and oxygen atoms in total. The normalized spacial score (nSPS) is 10.4. The SMILES string of the molecule is COc1cccc(CCl)c1OCc1cc(Cl)ccc1F. The van der Waals surface area contributed by atoms with E-state index in [0.717, 1.165) is 5.56 Å². The molecule has 5 heteroatoms. The van der Waals surface area contributed by atoms with Crippen molar-refractivity contribution in [3.05, 3.63) is 58.4 Å². The second-order valence-electron chi connectivity index (χ2n) is 4.11. The van der Waals surface area contributed by atoms with Crippen molar-refractivity contribution in [3.8, 4) is 11.5 Å². The summed E-state index contributed by atoms with van der Waals surface area (Å²) in [5, 5.41) is 0.461. The molecule has 20 heavy (non-hydrogen) atoms. The van der Waals surface area contributed by atoms with Crippen LogP contribution in [0.25, 0.3) is 0 Å². The third-order valence-corrected chi connectivity index (χ3v) is 3.33. The maximum Gasteiger partial charge on any atom is 0.166 e. The van der Waals surface area contributed by atoms with Crippen LogP contribution in [0.3, 0.4) is 0 Å². The first-order chi connectivity index (χ1) is 9.65. The topological polar surface area (TPSA) is 18.5 Å². The number of rotatable bonds is 5. The van der Waals surface area contributed by atoms with Crippen LogP contribution in [-0.4, -0.2) is 7.11 Å². The number of hydrogen-bond donors (Lipinski definition) is 0. The summed E-state index contributed by atoms with van der Waals surface area (Å²) in [6.45, 7) is 0.0522. The van der Waals surface area contributed by atoms with E-state index in [2.05, 4.69) is 0 Å². The summed E-state index contributed by atoms with van der Waals surface area (Å²) < 4.78 is 24.5. The molecule has 0 aromatic heterocycles. The van der Waals surface area contributed by atoms with Gasteiger partial charge in [-0.2, -0.15) is 0 Å². The maximum absolute atomic E-state index is 13.6. The van der Waals surface area contributed by atoms with Gasteiger partial charge in [0.1, 0.15) is 12.4 Å². The quantitative estimate of drug-likeness (QED) is 0.738. The van der Waals surface area contributed by atoms with Gasteiger partial charge < -0.3 is 9.47 Å². The maximum atomic E-state index is 13.6. The Kier molecular flexibility index (Phi) is 5.10. The highest BCUT2D eigenvalue weighted by Gasteiger charge is 2.11. The van der Waals surface area contributed by atoms with E-state index in [1.54, 1.807) is 13.2 Å². The number of ether oxygens (including phenoxy) is 2. The van der Waals surface area contributed by atoms with Crippen LogP contribution in [0.5, 0.6) is 11.5 Å². The summed E-state index contributed by atoms with van der Waals surface area (Å²) in [4.78, 5) is 0. The average Bonchev–Trinajstić information content (AvgIpc) is 2.47. The standard InChI is InChI=1S/C15H13Cl2FO2/c1-19-14-4-2-3-10(8-16)15(14)20-9-11-7-12(17)5-6-13(11)18/h2-7H,8-9H2,1H3. The summed E-state index contributed by atoms with van der Waals surface area (Å²) in [5.41, 5.74) is 1.16. The van der Waals surface area contributed by atoms with Gasteiger partial charge in [0.15, 0.2) is 11.5 Å². The number of para-hydroxylation sites is 1. The van der Waals surface area contributed by atoms with Crippen molar-refractivity contribution in [3.63, 3.8) is 0 Å². The molecular weight excluding hydrogens is 302 g/mol. The molecule has 0 aliphatic rings. The number of methoxy groups -OCH3 is 1. The smallest absolute Gasteiger partial charge is 0.166 e. The molecule has 0 spiro atoms. The molecular formula is C15H13Cl2FO2. The molecule has 2 rings (SSSR count). The van der Waals surface area contributed by atoms with E-state index in [0.29, 0.717) is 22.1 Å². The molecule has 0 fully saturated rings. The molecule has 106 valence electrons. The number of halogens is 3. The monoisotopic (exact) mass is 314 g/mol. The Hall–Kier alpha value is -1.45. The lowest BCUT2D eigenvalue weighted by molar-refractivity contribution is 0.277. The second-order valence-corrected chi connectivity index (χ2v) is 4.81. The molecule has 2 aromatic rings. The first-order valence-corrected chi connectivity index (χ1v) is 6.85. The Morgan fingerprint density at radius 2 is 1.95 bits per heavy atom. The fraction of sp³-hybridized carbons (Fsp3) is 0.200. The molecule has 0 amide bonds. The third kappa shape index (κ3) is 3.35. The van der Waals surface area contributed by atoms with Crippen LogP contribution >= 0.6 is 23.2 Å². The highest BCUT2D eigenvalue weighted by Crippen LogP contribution is 2.33. The highest BCUT2D eigenvalue weighted by molar-refractivity contribution is 6.30. The van der Waals surface area contributed by atoms with Gasteiger partial charge in [0.05, 0.1) is 13.0 Å². The Morgan fingerprint density at radius 1 is 1.15 bits per heavy atom. The van der Waals surface area contributed by atoms with Gasteiger partial charge in [-0.3, -0.25) is 0 Å². The van der Waals surface area contributed by atoms with Crippen molar-refractivity contribution < 1.29 is 13.9 Å². The van der Waals surface area contributed by atoms with Crippen molar-refractivity contribution in [2.24, 2.45) is 0 Å². The summed E-state index contributed by atoms with van der Waals surface area (Å²) in [6, 6.07) is 9.76. The molecule has 2 aromatic carbocycles. The van der Waals surface area contributed by atoms with Crippen molar-refractivity contribution in [2.75, 3.05) is 7.11 Å². The van der Waals surface area contributed by atoms with Crippen LogP contribution in [-0.2, 0) is 12.5 Å². The van der Waals surface area contributed by atoms with E-state index in [1.165, 1.54) is 18.2 Å². The number of hydrogen-bond acceptors (Lipinski definition) is 2. The second kappa shape index (κ2) is 6.82. The molecule has 0 aliphatic heterocycles. The highest BCUT2D eigenvalue weighted by atomic mass is 35.5. The summed E-state index contributed by atoms with van der Waals surface area (Å²) in [7, 11) is 1.54. The molecule has 0 radical (unpaired) electrons. The Labute approximate surface area is 127 Å². The van der Waals surface area contributed by atoms with E-state index in [4.69, 9.17) is 32.7 Å². The zero-order valence-electron chi connectivity index (χ0n) is 10.8. The summed E-state index contributed by atoms with van der Waals surface area (Å²) in [5.74, 6) is 0.997. The lowest BCUT2D eigenvalue weighted by Crippen LogP contribution is -2.02. The predicted octanol–water partition coefficient (Wildman–Crippen LogP) is 4.81. The van der Waals surface area contributed by atoms with Crippen molar-refractivity contribution in [2.45, 2.75) is 12.5 Å². The van der Waals surface area contributed by atoms with Crippen molar-refractivity contribution in [1.82, 2.24) is 0 Å². The van der Waals surface area contributed by atoms with Gasteiger partial charge in [0.25, 0.3) is 0 Å². The van der Waals surface area contributed by atoms with Gasteiger partial charge in [-0.15, -0.1) is 11.6 Å². The first kappa shape index (κ1) is 14.9. The van der Waals surface area contributed by atoms with E-state index < -0.39 is 0 Å².